The normalized spacial score (nSPS) is 11.0. The molecule has 160 valence electrons. The standard InChI is InChI=1S/C18H22N6O6/c1-4-30-18(25)21-15-9-14(16(24(27)28)17(19)20-15)23(2)10-13(22-26)11-5-7-12(29-3)8-6-11/h5-9,26H,4,10H2,1-3H3,(H3,19,20,21,25)/b22-13+. The van der Waals surface area contributed by atoms with Gasteiger partial charge in [-0.05, 0) is 31.2 Å². The Labute approximate surface area is 172 Å². The van der Waals surface area contributed by atoms with Gasteiger partial charge < -0.3 is 25.3 Å². The first-order chi connectivity index (χ1) is 14.3. The molecule has 0 radical (unpaired) electrons. The molecular weight excluding hydrogens is 396 g/mol. The molecule has 0 saturated carbocycles. The summed E-state index contributed by atoms with van der Waals surface area (Å²) in [6.45, 7) is 1.76. The van der Waals surface area contributed by atoms with Crippen molar-refractivity contribution in [3.63, 3.8) is 0 Å². The predicted molar refractivity (Wildman–Crippen MR) is 111 cm³/mol. The van der Waals surface area contributed by atoms with Crippen molar-refractivity contribution in [2.24, 2.45) is 5.16 Å². The topological polar surface area (TPSA) is 165 Å². The lowest BCUT2D eigenvalue weighted by molar-refractivity contribution is -0.383. The molecule has 0 aliphatic rings. The van der Waals surface area contributed by atoms with Gasteiger partial charge in [-0.15, -0.1) is 0 Å². The fraction of sp³-hybridized carbons (Fsp3) is 0.278. The van der Waals surface area contributed by atoms with Crippen LogP contribution in [0.3, 0.4) is 0 Å². The maximum atomic E-state index is 11.7. The number of aromatic nitrogens is 1. The van der Waals surface area contributed by atoms with Crippen molar-refractivity contribution in [1.29, 1.82) is 0 Å². The van der Waals surface area contributed by atoms with Gasteiger partial charge in [0.2, 0.25) is 5.82 Å². The Bertz CT molecular complexity index is 947. The average molecular weight is 418 g/mol. The number of hydrogen-bond donors (Lipinski definition) is 3. The number of hydrogen-bond acceptors (Lipinski definition) is 10. The van der Waals surface area contributed by atoms with Gasteiger partial charge in [0, 0.05) is 18.7 Å². The summed E-state index contributed by atoms with van der Waals surface area (Å²) in [6.07, 6.45) is -0.775. The van der Waals surface area contributed by atoms with Gasteiger partial charge in [-0.3, -0.25) is 15.4 Å². The van der Waals surface area contributed by atoms with Crippen molar-refractivity contribution < 1.29 is 24.4 Å². The third kappa shape index (κ3) is 5.25. The van der Waals surface area contributed by atoms with Crippen LogP contribution in [0.25, 0.3) is 0 Å². The van der Waals surface area contributed by atoms with Crippen LogP contribution in [0.2, 0.25) is 0 Å². The first-order valence-corrected chi connectivity index (χ1v) is 8.75. The van der Waals surface area contributed by atoms with E-state index >= 15 is 0 Å². The third-order valence-electron chi connectivity index (χ3n) is 4.03. The molecule has 0 atom stereocenters. The van der Waals surface area contributed by atoms with Gasteiger partial charge >= 0.3 is 11.8 Å². The van der Waals surface area contributed by atoms with Gasteiger partial charge in [-0.1, -0.05) is 5.16 Å². The molecule has 2 aromatic rings. The molecule has 12 heteroatoms. The molecule has 0 aliphatic carbocycles. The molecule has 0 unspecified atom stereocenters. The van der Waals surface area contributed by atoms with E-state index in [1.165, 1.54) is 18.1 Å². The maximum absolute atomic E-state index is 11.7. The zero-order chi connectivity index (χ0) is 22.3. The maximum Gasteiger partial charge on any atom is 0.412 e. The van der Waals surface area contributed by atoms with Crippen LogP contribution in [0.1, 0.15) is 12.5 Å². The van der Waals surface area contributed by atoms with Crippen LogP contribution in [0.5, 0.6) is 5.75 Å². The largest absolute Gasteiger partial charge is 0.497 e. The minimum atomic E-state index is -0.775. The zero-order valence-corrected chi connectivity index (χ0v) is 16.7. The average Bonchev–Trinajstić information content (AvgIpc) is 2.71. The molecular formula is C18H22N6O6. The zero-order valence-electron chi connectivity index (χ0n) is 16.7. The number of pyridine rings is 1. The molecule has 0 aliphatic heterocycles. The first-order valence-electron chi connectivity index (χ1n) is 8.75. The summed E-state index contributed by atoms with van der Waals surface area (Å²) >= 11 is 0. The summed E-state index contributed by atoms with van der Waals surface area (Å²) in [7, 11) is 3.07. The molecule has 1 amide bonds. The van der Waals surface area contributed by atoms with Crippen molar-refractivity contribution in [2.75, 3.05) is 43.3 Å². The molecule has 1 aromatic heterocycles. The number of ether oxygens (including phenoxy) is 2. The monoisotopic (exact) mass is 418 g/mol. The van der Waals surface area contributed by atoms with Gasteiger partial charge in [-0.2, -0.15) is 0 Å². The summed E-state index contributed by atoms with van der Waals surface area (Å²) in [5.41, 5.74) is 6.19. The van der Waals surface area contributed by atoms with E-state index in [0.29, 0.717) is 11.3 Å². The number of anilines is 3. The number of nitrogen functional groups attached to an aromatic ring is 1. The number of likely N-dealkylation sites (N-methyl/N-ethyl adjacent to an activating group) is 1. The van der Waals surface area contributed by atoms with Crippen LogP contribution in [0.4, 0.5) is 27.8 Å². The number of nitrogens with zero attached hydrogens (tertiary/aromatic N) is 4. The van der Waals surface area contributed by atoms with Crippen LogP contribution in [-0.4, -0.2) is 54.2 Å². The van der Waals surface area contributed by atoms with Gasteiger partial charge in [0.25, 0.3) is 0 Å². The van der Waals surface area contributed by atoms with E-state index < -0.39 is 16.7 Å². The lowest BCUT2D eigenvalue weighted by Gasteiger charge is -2.21. The van der Waals surface area contributed by atoms with E-state index in [1.807, 2.05) is 0 Å². The van der Waals surface area contributed by atoms with Crippen LogP contribution in [0, 0.1) is 10.1 Å². The van der Waals surface area contributed by atoms with Crippen LogP contribution in [0.15, 0.2) is 35.5 Å². The summed E-state index contributed by atoms with van der Waals surface area (Å²) in [4.78, 5) is 27.8. The highest BCUT2D eigenvalue weighted by Gasteiger charge is 2.25. The number of benzene rings is 1. The molecule has 2 rings (SSSR count). The van der Waals surface area contributed by atoms with E-state index in [9.17, 15) is 20.1 Å². The van der Waals surface area contributed by atoms with Gasteiger partial charge in [0.15, 0.2) is 0 Å². The Morgan fingerprint density at radius 2 is 2.07 bits per heavy atom. The Morgan fingerprint density at radius 1 is 1.40 bits per heavy atom. The van der Waals surface area contributed by atoms with Crippen molar-refractivity contribution in [2.45, 2.75) is 6.92 Å². The van der Waals surface area contributed by atoms with Gasteiger partial charge in [0.05, 0.1) is 25.2 Å². The molecule has 4 N–H and O–H groups in total. The van der Waals surface area contributed by atoms with Crippen molar-refractivity contribution in [3.05, 3.63) is 46.0 Å². The Hall–Kier alpha value is -4.09. The fourth-order valence-corrected chi connectivity index (χ4v) is 2.63. The van der Waals surface area contributed by atoms with E-state index in [2.05, 4.69) is 15.5 Å². The number of nitro groups is 1. The highest BCUT2D eigenvalue weighted by atomic mass is 16.6. The molecule has 1 aromatic carbocycles. The first kappa shape index (κ1) is 22.2. The second-order valence-electron chi connectivity index (χ2n) is 5.99. The predicted octanol–water partition coefficient (Wildman–Crippen LogP) is 2.46. The van der Waals surface area contributed by atoms with Crippen molar-refractivity contribution >= 4 is 34.8 Å². The van der Waals surface area contributed by atoms with E-state index in [4.69, 9.17) is 15.2 Å². The number of rotatable bonds is 8. The van der Waals surface area contributed by atoms with E-state index in [1.54, 1.807) is 38.2 Å². The highest BCUT2D eigenvalue weighted by molar-refractivity contribution is 6.03. The Kier molecular flexibility index (Phi) is 7.33. The molecule has 1 heterocycles. The summed E-state index contributed by atoms with van der Waals surface area (Å²) in [6, 6.07) is 8.04. The minimum absolute atomic E-state index is 0.00797. The van der Waals surface area contributed by atoms with E-state index in [-0.39, 0.29) is 36.2 Å². The summed E-state index contributed by atoms with van der Waals surface area (Å²) < 4.78 is 9.88. The lowest BCUT2D eigenvalue weighted by atomic mass is 10.1. The number of carbonyl (C=O) groups is 1. The fourth-order valence-electron chi connectivity index (χ4n) is 2.63. The van der Waals surface area contributed by atoms with E-state index in [0.717, 1.165) is 0 Å². The minimum Gasteiger partial charge on any atom is -0.497 e. The van der Waals surface area contributed by atoms with Gasteiger partial charge in [-0.25, -0.2) is 9.78 Å². The number of carbonyl (C=O) groups excluding carboxylic acids is 1. The lowest BCUT2D eigenvalue weighted by Crippen LogP contribution is -2.27. The SMILES string of the molecule is CCOC(=O)Nc1cc(N(C)C/C(=N\O)c2ccc(OC)cc2)c([N+](=O)[O-])c(N)n1. The second-order valence-corrected chi connectivity index (χ2v) is 5.99. The molecule has 0 saturated heterocycles. The summed E-state index contributed by atoms with van der Waals surface area (Å²) in [5.74, 6) is 0.213. The van der Waals surface area contributed by atoms with Crippen molar-refractivity contribution in [1.82, 2.24) is 4.98 Å². The summed E-state index contributed by atoms with van der Waals surface area (Å²) in [5, 5.41) is 26.6. The molecule has 12 nitrogen and oxygen atoms in total. The third-order valence-corrected chi connectivity index (χ3v) is 4.03. The molecule has 0 spiro atoms. The number of amides is 1. The Balaban J connectivity index is 2.37. The van der Waals surface area contributed by atoms with Crippen LogP contribution in [-0.2, 0) is 4.74 Å². The molecule has 0 bridgehead atoms. The number of nitrogens with one attached hydrogen (secondary N) is 1. The smallest absolute Gasteiger partial charge is 0.412 e. The number of methoxy groups -OCH3 is 1. The highest BCUT2D eigenvalue weighted by Crippen LogP contribution is 2.34. The number of nitrogens with two attached hydrogens (primary N) is 1. The Morgan fingerprint density at radius 3 is 2.60 bits per heavy atom. The van der Waals surface area contributed by atoms with Crippen LogP contribution < -0.4 is 20.7 Å². The quantitative estimate of drug-likeness (QED) is 0.252. The molecule has 0 fully saturated rings. The van der Waals surface area contributed by atoms with Gasteiger partial charge in [0.1, 0.15) is 23.0 Å². The van der Waals surface area contributed by atoms with Crippen molar-refractivity contribution in [3.8, 4) is 5.75 Å². The second kappa shape index (κ2) is 9.91. The van der Waals surface area contributed by atoms with Crippen LogP contribution >= 0.6 is 0 Å². The number of oxime groups is 1. The molecule has 30 heavy (non-hydrogen) atoms.